The molecule has 0 atom stereocenters. The highest BCUT2D eigenvalue weighted by molar-refractivity contribution is 7.90. The number of methoxy groups -OCH3 is 1. The molecule has 0 aliphatic carbocycles. The molecule has 10 heteroatoms. The maximum absolute atomic E-state index is 12.3. The number of aliphatic hydroxyl groups is 3. The molecule has 0 unspecified atom stereocenters. The minimum absolute atomic E-state index is 0.00852. The fourth-order valence-corrected chi connectivity index (χ4v) is 7.60. The van der Waals surface area contributed by atoms with Crippen molar-refractivity contribution < 1.29 is 28.5 Å². The quantitative estimate of drug-likeness (QED) is 0.0939. The minimum Gasteiger partial charge on any atom is -0.497 e. The number of benzene rings is 4. The minimum atomic E-state index is -3.52. The highest BCUT2D eigenvalue weighted by atomic mass is 32.2. The first kappa shape index (κ1) is 40.5. The first-order chi connectivity index (χ1) is 26.8. The maximum Gasteiger partial charge on any atom is 0.267 e. The van der Waals surface area contributed by atoms with E-state index in [1.165, 1.54) is 27.5 Å². The molecule has 0 radical (unpaired) electrons. The lowest BCUT2D eigenvalue weighted by Crippen LogP contribution is -2.36. The van der Waals surface area contributed by atoms with Crippen molar-refractivity contribution in [3.63, 3.8) is 0 Å². The predicted molar refractivity (Wildman–Crippen MR) is 217 cm³/mol. The highest BCUT2D eigenvalue weighted by Gasteiger charge is 2.38. The van der Waals surface area contributed by atoms with Gasteiger partial charge in [-0.25, -0.2) is 12.4 Å². The van der Waals surface area contributed by atoms with Gasteiger partial charge in [-0.15, -0.1) is 0 Å². The smallest absolute Gasteiger partial charge is 0.267 e. The molecule has 4 aromatic carbocycles. The van der Waals surface area contributed by atoms with Gasteiger partial charge in [0.15, 0.2) is 0 Å². The number of aromatic amines is 1. The summed E-state index contributed by atoms with van der Waals surface area (Å²) >= 11 is 0. The van der Waals surface area contributed by atoms with Crippen LogP contribution in [0.25, 0.3) is 0 Å². The number of aliphatic hydroxyl groups excluding tert-OH is 3. The Morgan fingerprint density at radius 3 is 1.67 bits per heavy atom. The van der Waals surface area contributed by atoms with Gasteiger partial charge in [-0.05, 0) is 102 Å². The maximum atomic E-state index is 12.3. The summed E-state index contributed by atoms with van der Waals surface area (Å²) in [6.07, 6.45) is 12.9. The molecule has 55 heavy (non-hydrogen) atoms. The summed E-state index contributed by atoms with van der Waals surface area (Å²) in [4.78, 5) is 3.17. The lowest BCUT2D eigenvalue weighted by atomic mass is 9.76. The van der Waals surface area contributed by atoms with E-state index in [0.29, 0.717) is 12.8 Å². The molecule has 0 saturated heterocycles. The van der Waals surface area contributed by atoms with Crippen LogP contribution in [0.15, 0.2) is 169 Å². The number of nitrogens with zero attached hydrogens (tertiary/aromatic N) is 2. The van der Waals surface area contributed by atoms with Crippen molar-refractivity contribution in [3.8, 4) is 5.75 Å². The second kappa shape index (κ2) is 19.6. The number of H-pyrrole nitrogens is 1. The highest BCUT2D eigenvalue weighted by Crippen LogP contribution is 2.41. The molecule has 0 saturated carbocycles. The third-order valence-corrected chi connectivity index (χ3v) is 10.9. The first-order valence-electron chi connectivity index (χ1n) is 18.1. The van der Waals surface area contributed by atoms with E-state index < -0.39 is 15.6 Å². The molecule has 3 aromatic heterocycles. The molecule has 7 rings (SSSR count). The molecule has 0 aliphatic rings. The van der Waals surface area contributed by atoms with Gasteiger partial charge >= 0.3 is 0 Å². The standard InChI is InChI=1S/C26H25NO2.C13H15NO3S.C6H9NO/c1-29-25-14-12-24(13-15-25)26(22-8-4-2-5-9-22,23-10-6-3-7-11-23)27-18-16-21(20-27)17-19-28;1-11-2-4-13(5-3-11)18(16,17)14-8-6-12(10-14)7-9-15;8-4-2-6-1-3-7-5-6/h2-16,18,20,28H,17,19H2,1H3;2-6,8,10,15H,7,9H2,1H3;1,3,5,7-8H,2,4H2. The largest absolute Gasteiger partial charge is 0.497 e. The number of ether oxygens (including phenoxy) is 1. The summed E-state index contributed by atoms with van der Waals surface area (Å²) < 4.78 is 33.4. The van der Waals surface area contributed by atoms with E-state index in [2.05, 4.69) is 88.7 Å². The number of aryl methyl sites for hydroxylation is 1. The van der Waals surface area contributed by atoms with E-state index >= 15 is 0 Å². The van der Waals surface area contributed by atoms with Crippen LogP contribution < -0.4 is 4.74 Å². The van der Waals surface area contributed by atoms with Crippen molar-refractivity contribution in [2.75, 3.05) is 26.9 Å². The Balaban J connectivity index is 0.000000188. The Labute approximate surface area is 323 Å². The molecular weight excluding hydrogens is 711 g/mol. The van der Waals surface area contributed by atoms with Crippen molar-refractivity contribution in [1.29, 1.82) is 0 Å². The van der Waals surface area contributed by atoms with Crippen molar-refractivity contribution in [2.24, 2.45) is 0 Å². The van der Waals surface area contributed by atoms with Gasteiger partial charge in [-0.2, -0.15) is 0 Å². The molecule has 3 heterocycles. The van der Waals surface area contributed by atoms with E-state index in [1.54, 1.807) is 37.4 Å². The monoisotopic (exact) mass is 759 g/mol. The van der Waals surface area contributed by atoms with Crippen LogP contribution in [0.4, 0.5) is 0 Å². The second-order valence-electron chi connectivity index (χ2n) is 12.9. The molecular formula is C45H49N3O6S. The molecule has 286 valence electrons. The van der Waals surface area contributed by atoms with Crippen molar-refractivity contribution in [1.82, 2.24) is 13.5 Å². The topological polar surface area (TPSA) is 130 Å². The van der Waals surface area contributed by atoms with Crippen LogP contribution in [0.3, 0.4) is 0 Å². The van der Waals surface area contributed by atoms with E-state index in [4.69, 9.17) is 14.9 Å². The van der Waals surface area contributed by atoms with Gasteiger partial charge in [0.2, 0.25) is 0 Å². The summed E-state index contributed by atoms with van der Waals surface area (Å²) in [5.41, 5.74) is 7.02. The van der Waals surface area contributed by atoms with Crippen LogP contribution in [-0.4, -0.2) is 64.2 Å². The van der Waals surface area contributed by atoms with Gasteiger partial charge in [-0.1, -0.05) is 90.5 Å². The summed E-state index contributed by atoms with van der Waals surface area (Å²) in [7, 11) is -1.83. The second-order valence-corrected chi connectivity index (χ2v) is 14.7. The summed E-state index contributed by atoms with van der Waals surface area (Å²) in [6.45, 7) is 2.29. The van der Waals surface area contributed by atoms with E-state index in [0.717, 1.165) is 40.0 Å². The first-order valence-corrected chi connectivity index (χ1v) is 19.6. The average molecular weight is 760 g/mol. The molecule has 0 bridgehead atoms. The Hall–Kier alpha value is -5.65. The van der Waals surface area contributed by atoms with Crippen LogP contribution >= 0.6 is 0 Å². The van der Waals surface area contributed by atoms with Crippen LogP contribution in [-0.2, 0) is 34.8 Å². The molecule has 9 nitrogen and oxygen atoms in total. The van der Waals surface area contributed by atoms with Crippen LogP contribution in [0, 0.1) is 6.92 Å². The fraction of sp³-hybridized carbons (Fsp3) is 0.200. The van der Waals surface area contributed by atoms with E-state index in [1.807, 2.05) is 49.6 Å². The predicted octanol–water partition coefficient (Wildman–Crippen LogP) is 6.99. The number of nitrogens with one attached hydrogen (secondary N) is 1. The van der Waals surface area contributed by atoms with Gasteiger partial charge in [0.25, 0.3) is 10.0 Å². The number of hydrogen-bond acceptors (Lipinski definition) is 6. The molecule has 7 aromatic rings. The van der Waals surface area contributed by atoms with Gasteiger partial charge in [0.1, 0.15) is 11.3 Å². The van der Waals surface area contributed by atoms with Crippen molar-refractivity contribution in [3.05, 3.63) is 204 Å². The Morgan fingerprint density at radius 1 is 0.618 bits per heavy atom. The third-order valence-electron chi connectivity index (χ3n) is 9.22. The lowest BCUT2D eigenvalue weighted by molar-refractivity contribution is 0.299. The summed E-state index contributed by atoms with van der Waals surface area (Å²) in [5, 5.41) is 26.7. The van der Waals surface area contributed by atoms with Gasteiger partial charge in [0, 0.05) is 57.0 Å². The third kappa shape index (κ3) is 9.92. The summed E-state index contributed by atoms with van der Waals surface area (Å²) in [5.74, 6) is 0.831. The SMILES string of the molecule is COc1ccc(C(c2ccccc2)(c2ccccc2)n2ccc(CCO)c2)cc1.Cc1ccc(S(=O)(=O)n2ccc(CCO)c2)cc1.OCCc1cc[nH]c1. The normalized spacial score (nSPS) is 11.2. The zero-order valence-electron chi connectivity index (χ0n) is 31.2. The average Bonchev–Trinajstić information content (AvgIpc) is 4.02. The van der Waals surface area contributed by atoms with Crippen LogP contribution in [0.2, 0.25) is 0 Å². The number of aromatic nitrogens is 3. The van der Waals surface area contributed by atoms with Crippen molar-refractivity contribution in [2.45, 2.75) is 36.6 Å². The van der Waals surface area contributed by atoms with E-state index in [-0.39, 0.29) is 24.7 Å². The van der Waals surface area contributed by atoms with Gasteiger partial charge < -0.3 is 29.6 Å². The molecule has 0 fully saturated rings. The molecule has 4 N–H and O–H groups in total. The molecule has 0 spiro atoms. The number of hydrogen-bond donors (Lipinski definition) is 4. The Bertz CT molecular complexity index is 2210. The fourth-order valence-electron chi connectivity index (χ4n) is 6.38. The van der Waals surface area contributed by atoms with Crippen molar-refractivity contribution >= 4 is 10.0 Å². The molecule has 0 amide bonds. The van der Waals surface area contributed by atoms with E-state index in [9.17, 15) is 13.5 Å². The molecule has 0 aliphatic heterocycles. The van der Waals surface area contributed by atoms with Crippen LogP contribution in [0.1, 0.15) is 38.9 Å². The Morgan fingerprint density at radius 2 is 1.15 bits per heavy atom. The lowest BCUT2D eigenvalue weighted by Gasteiger charge is -2.38. The zero-order valence-corrected chi connectivity index (χ0v) is 32.0. The summed E-state index contributed by atoms with van der Waals surface area (Å²) in [6, 6.07) is 41.8. The number of rotatable bonds is 13. The van der Waals surface area contributed by atoms with Gasteiger partial charge in [-0.3, -0.25) is 0 Å². The zero-order chi connectivity index (χ0) is 39.1. The Kier molecular flexibility index (Phi) is 14.5. The van der Waals surface area contributed by atoms with Crippen LogP contribution in [0.5, 0.6) is 5.75 Å². The van der Waals surface area contributed by atoms with Gasteiger partial charge in [0.05, 0.1) is 12.0 Å².